The van der Waals surface area contributed by atoms with Gasteiger partial charge in [-0.2, -0.15) is 0 Å². The van der Waals surface area contributed by atoms with Crippen LogP contribution < -0.4 is 5.32 Å². The first-order valence-corrected chi connectivity index (χ1v) is 7.48. The van der Waals surface area contributed by atoms with Crippen LogP contribution in [0.3, 0.4) is 0 Å². The summed E-state index contributed by atoms with van der Waals surface area (Å²) in [5.74, 6) is 0.361. The molecule has 0 atom stereocenters. The van der Waals surface area contributed by atoms with Crippen LogP contribution in [-0.2, 0) is 6.54 Å². The molecule has 1 amide bonds. The Morgan fingerprint density at radius 2 is 2.10 bits per heavy atom. The Labute approximate surface area is 125 Å². The first-order valence-electron chi connectivity index (χ1n) is 6.60. The van der Waals surface area contributed by atoms with Gasteiger partial charge in [-0.1, -0.05) is 0 Å². The van der Waals surface area contributed by atoms with Crippen LogP contribution in [0.5, 0.6) is 0 Å². The second kappa shape index (κ2) is 5.61. The fraction of sp³-hybridized carbons (Fsp3) is 0.286. The Hall–Kier alpha value is -2.28. The van der Waals surface area contributed by atoms with Gasteiger partial charge in [0.25, 0.3) is 11.6 Å². The molecule has 7 heteroatoms. The predicted octanol–water partition coefficient (Wildman–Crippen LogP) is 2.86. The largest absolute Gasteiger partial charge is 0.346 e. The average Bonchev–Trinajstić information content (AvgIpc) is 3.24. The minimum absolute atomic E-state index is 0.0277. The summed E-state index contributed by atoms with van der Waals surface area (Å²) < 4.78 is 0. The standard InChI is InChI=1S/C14H13N3O3S/c18-13(9-3-5-12(6-4-9)17(19)20)15-7-11-8-21-14(16-11)10-1-2-10/h3-6,8,10H,1-2,7H2,(H,15,18). The van der Waals surface area contributed by atoms with Gasteiger partial charge in [-0.05, 0) is 25.0 Å². The maximum Gasteiger partial charge on any atom is 0.269 e. The molecule has 21 heavy (non-hydrogen) atoms. The van der Waals surface area contributed by atoms with E-state index in [2.05, 4.69) is 10.3 Å². The van der Waals surface area contributed by atoms with E-state index in [1.165, 1.54) is 37.1 Å². The molecule has 1 heterocycles. The number of nitrogens with zero attached hydrogens (tertiary/aromatic N) is 2. The number of benzene rings is 1. The van der Waals surface area contributed by atoms with Crippen molar-refractivity contribution >= 4 is 22.9 Å². The number of thiazole rings is 1. The van der Waals surface area contributed by atoms with Crippen molar-refractivity contribution in [1.29, 1.82) is 0 Å². The zero-order valence-electron chi connectivity index (χ0n) is 11.1. The third-order valence-electron chi connectivity index (χ3n) is 3.27. The fourth-order valence-electron chi connectivity index (χ4n) is 1.93. The number of hydrogen-bond donors (Lipinski definition) is 1. The SMILES string of the molecule is O=C(NCc1csc(C2CC2)n1)c1ccc([N+](=O)[O-])cc1. The molecule has 108 valence electrons. The molecule has 0 spiro atoms. The van der Waals surface area contributed by atoms with E-state index in [9.17, 15) is 14.9 Å². The summed E-state index contributed by atoms with van der Waals surface area (Å²) in [6.45, 7) is 0.374. The van der Waals surface area contributed by atoms with E-state index in [-0.39, 0.29) is 11.6 Å². The van der Waals surface area contributed by atoms with Gasteiger partial charge >= 0.3 is 0 Å². The number of non-ortho nitro benzene ring substituents is 1. The van der Waals surface area contributed by atoms with Gasteiger partial charge in [-0.3, -0.25) is 14.9 Å². The van der Waals surface area contributed by atoms with E-state index in [0.29, 0.717) is 18.0 Å². The van der Waals surface area contributed by atoms with Crippen LogP contribution >= 0.6 is 11.3 Å². The molecule has 0 saturated heterocycles. The summed E-state index contributed by atoms with van der Waals surface area (Å²) in [6.07, 6.45) is 2.42. The Kier molecular flexibility index (Phi) is 3.66. The second-order valence-corrected chi connectivity index (χ2v) is 5.83. The lowest BCUT2D eigenvalue weighted by atomic mass is 10.2. The molecule has 3 rings (SSSR count). The van der Waals surface area contributed by atoms with Crippen LogP contribution in [0.1, 0.15) is 39.8 Å². The lowest BCUT2D eigenvalue weighted by Crippen LogP contribution is -2.22. The number of hydrogen-bond acceptors (Lipinski definition) is 5. The molecule has 0 aliphatic heterocycles. The monoisotopic (exact) mass is 303 g/mol. The second-order valence-electron chi connectivity index (χ2n) is 4.94. The summed E-state index contributed by atoms with van der Waals surface area (Å²) in [4.78, 5) is 26.5. The van der Waals surface area contributed by atoms with E-state index >= 15 is 0 Å². The van der Waals surface area contributed by atoms with Crippen molar-refractivity contribution in [3.05, 3.63) is 56.0 Å². The first kappa shape index (κ1) is 13.7. The number of carbonyl (C=O) groups excluding carboxylic acids is 1. The lowest BCUT2D eigenvalue weighted by molar-refractivity contribution is -0.384. The molecule has 0 radical (unpaired) electrons. The number of nitro groups is 1. The third kappa shape index (κ3) is 3.25. The maximum absolute atomic E-state index is 11.9. The van der Waals surface area contributed by atoms with E-state index in [1.807, 2.05) is 5.38 Å². The number of nitrogens with one attached hydrogen (secondary N) is 1. The van der Waals surface area contributed by atoms with Crippen molar-refractivity contribution in [2.45, 2.75) is 25.3 Å². The Balaban J connectivity index is 1.58. The summed E-state index contributed by atoms with van der Waals surface area (Å²) in [7, 11) is 0. The van der Waals surface area contributed by atoms with Crippen molar-refractivity contribution in [3.8, 4) is 0 Å². The molecular formula is C14H13N3O3S. The average molecular weight is 303 g/mol. The molecule has 1 aliphatic carbocycles. The minimum atomic E-state index is -0.490. The Bertz CT molecular complexity index is 677. The van der Waals surface area contributed by atoms with Crippen LogP contribution in [0.25, 0.3) is 0 Å². The van der Waals surface area contributed by atoms with Gasteiger partial charge in [0, 0.05) is 29.0 Å². The van der Waals surface area contributed by atoms with Crippen molar-refractivity contribution in [2.24, 2.45) is 0 Å². The van der Waals surface area contributed by atoms with Crippen LogP contribution in [0, 0.1) is 10.1 Å². The number of amides is 1. The van der Waals surface area contributed by atoms with Crippen molar-refractivity contribution in [3.63, 3.8) is 0 Å². The van der Waals surface area contributed by atoms with Gasteiger partial charge in [-0.25, -0.2) is 4.98 Å². The summed E-state index contributed by atoms with van der Waals surface area (Å²) in [5.41, 5.74) is 1.23. The van der Waals surface area contributed by atoms with Gasteiger partial charge in [0.15, 0.2) is 0 Å². The van der Waals surface area contributed by atoms with Crippen molar-refractivity contribution in [2.75, 3.05) is 0 Å². The number of carbonyl (C=O) groups is 1. The highest BCUT2D eigenvalue weighted by atomic mass is 32.1. The highest BCUT2D eigenvalue weighted by Crippen LogP contribution is 2.41. The quantitative estimate of drug-likeness (QED) is 0.680. The topological polar surface area (TPSA) is 85.1 Å². The molecule has 0 bridgehead atoms. The third-order valence-corrected chi connectivity index (χ3v) is 4.32. The Morgan fingerprint density at radius 1 is 1.38 bits per heavy atom. The van der Waals surface area contributed by atoms with Crippen molar-refractivity contribution < 1.29 is 9.72 Å². The smallest absolute Gasteiger partial charge is 0.269 e. The molecule has 1 N–H and O–H groups in total. The molecule has 1 saturated carbocycles. The predicted molar refractivity (Wildman–Crippen MR) is 78.4 cm³/mol. The van der Waals surface area contributed by atoms with Crippen LogP contribution in [0.2, 0.25) is 0 Å². The number of aromatic nitrogens is 1. The molecule has 0 unspecified atom stereocenters. The number of nitro benzene ring substituents is 1. The normalized spacial score (nSPS) is 13.9. The summed E-state index contributed by atoms with van der Waals surface area (Å²) in [6, 6.07) is 5.54. The lowest BCUT2D eigenvalue weighted by Gasteiger charge is -2.03. The summed E-state index contributed by atoms with van der Waals surface area (Å²) in [5, 5.41) is 16.4. The minimum Gasteiger partial charge on any atom is -0.346 e. The van der Waals surface area contributed by atoms with Gasteiger partial charge in [0.05, 0.1) is 22.2 Å². The summed E-state index contributed by atoms with van der Waals surface area (Å²) >= 11 is 1.64. The zero-order chi connectivity index (χ0) is 14.8. The van der Waals surface area contributed by atoms with E-state index in [0.717, 1.165) is 10.7 Å². The van der Waals surface area contributed by atoms with Gasteiger partial charge < -0.3 is 5.32 Å². The van der Waals surface area contributed by atoms with Crippen LogP contribution in [0.4, 0.5) is 5.69 Å². The van der Waals surface area contributed by atoms with Gasteiger partial charge in [-0.15, -0.1) is 11.3 Å². The molecule has 1 aromatic heterocycles. The maximum atomic E-state index is 11.9. The van der Waals surface area contributed by atoms with E-state index in [1.54, 1.807) is 11.3 Å². The van der Waals surface area contributed by atoms with Crippen LogP contribution in [-0.4, -0.2) is 15.8 Å². The molecule has 2 aromatic rings. The highest BCUT2D eigenvalue weighted by molar-refractivity contribution is 7.09. The molecule has 6 nitrogen and oxygen atoms in total. The van der Waals surface area contributed by atoms with Crippen LogP contribution in [0.15, 0.2) is 29.6 Å². The van der Waals surface area contributed by atoms with Crippen molar-refractivity contribution in [1.82, 2.24) is 10.3 Å². The zero-order valence-corrected chi connectivity index (χ0v) is 11.9. The van der Waals surface area contributed by atoms with Gasteiger partial charge in [0.2, 0.25) is 0 Å². The molecule has 1 fully saturated rings. The number of rotatable bonds is 5. The highest BCUT2D eigenvalue weighted by Gasteiger charge is 2.26. The van der Waals surface area contributed by atoms with E-state index in [4.69, 9.17) is 0 Å². The molecular weight excluding hydrogens is 290 g/mol. The van der Waals surface area contributed by atoms with Gasteiger partial charge in [0.1, 0.15) is 0 Å². The molecule has 1 aromatic carbocycles. The molecule has 1 aliphatic rings. The van der Waals surface area contributed by atoms with E-state index < -0.39 is 4.92 Å². The first-order chi connectivity index (χ1) is 10.1. The Morgan fingerprint density at radius 3 is 2.71 bits per heavy atom. The fourth-order valence-corrected chi connectivity index (χ4v) is 2.92.